The lowest BCUT2D eigenvalue weighted by atomic mass is 10.1. The number of carbonyl (C=O) groups excluding carboxylic acids is 1. The van der Waals surface area contributed by atoms with E-state index in [4.69, 9.17) is 15.0 Å². The second-order valence-electron chi connectivity index (χ2n) is 10.9. The van der Waals surface area contributed by atoms with Crippen molar-refractivity contribution >= 4 is 23.1 Å². The number of methoxy groups -OCH3 is 1. The van der Waals surface area contributed by atoms with E-state index in [2.05, 4.69) is 32.4 Å². The SMILES string of the molecule is COc1ccc(CN2CCN(c3nc(-c4cnn5ccccc45)nc(N[C@@H]4CCCN(C(=O)CC#N)C4)c3F)CC2)cc1. The number of fused-ring (bicyclic) bond motifs is 1. The predicted molar refractivity (Wildman–Crippen MR) is 160 cm³/mol. The van der Waals surface area contributed by atoms with Crippen LogP contribution in [0, 0.1) is 17.1 Å². The lowest BCUT2D eigenvalue weighted by Gasteiger charge is -2.36. The maximum Gasteiger partial charge on any atom is 0.236 e. The van der Waals surface area contributed by atoms with Gasteiger partial charge in [-0.1, -0.05) is 18.2 Å². The smallest absolute Gasteiger partial charge is 0.236 e. The minimum atomic E-state index is -0.510. The summed E-state index contributed by atoms with van der Waals surface area (Å²) in [6.07, 6.45) is 4.89. The van der Waals surface area contributed by atoms with Crippen molar-refractivity contribution in [3.63, 3.8) is 0 Å². The first-order valence-corrected chi connectivity index (χ1v) is 14.5. The highest BCUT2D eigenvalue weighted by Gasteiger charge is 2.28. The molecule has 0 spiro atoms. The zero-order chi connectivity index (χ0) is 29.8. The van der Waals surface area contributed by atoms with Crippen molar-refractivity contribution in [2.75, 3.05) is 56.6 Å². The molecule has 2 aliphatic rings. The van der Waals surface area contributed by atoms with Gasteiger partial charge in [-0.15, -0.1) is 0 Å². The van der Waals surface area contributed by atoms with E-state index in [1.165, 1.54) is 5.56 Å². The first kappa shape index (κ1) is 28.4. The molecule has 12 heteroatoms. The zero-order valence-electron chi connectivity index (χ0n) is 24.1. The molecule has 0 unspecified atom stereocenters. The van der Waals surface area contributed by atoms with Crippen molar-refractivity contribution in [1.29, 1.82) is 5.26 Å². The number of nitrogens with one attached hydrogen (secondary N) is 1. The molecule has 6 rings (SSSR count). The summed E-state index contributed by atoms with van der Waals surface area (Å²) in [7, 11) is 1.66. The number of likely N-dealkylation sites (tertiary alicyclic amines) is 1. The van der Waals surface area contributed by atoms with Crippen LogP contribution in [-0.2, 0) is 11.3 Å². The number of piperazine rings is 1. The molecule has 5 heterocycles. The monoisotopic (exact) mass is 583 g/mol. The molecule has 1 N–H and O–H groups in total. The van der Waals surface area contributed by atoms with Crippen LogP contribution in [0.3, 0.4) is 0 Å². The Labute approximate surface area is 249 Å². The number of amides is 1. The Kier molecular flexibility index (Phi) is 8.33. The number of hydrogen-bond donors (Lipinski definition) is 1. The number of pyridine rings is 1. The van der Waals surface area contributed by atoms with E-state index in [-0.39, 0.29) is 30.0 Å². The summed E-state index contributed by atoms with van der Waals surface area (Å²) in [6.45, 7) is 4.49. The van der Waals surface area contributed by atoms with Crippen LogP contribution in [0.2, 0.25) is 0 Å². The third-order valence-corrected chi connectivity index (χ3v) is 8.08. The first-order chi connectivity index (χ1) is 21.0. The molecule has 2 fully saturated rings. The van der Waals surface area contributed by atoms with Crippen LogP contribution in [-0.4, -0.2) is 87.7 Å². The molecule has 3 aromatic heterocycles. The van der Waals surface area contributed by atoms with Gasteiger partial charge >= 0.3 is 0 Å². The predicted octanol–water partition coefficient (Wildman–Crippen LogP) is 3.58. The number of anilines is 2. The Morgan fingerprint density at radius 1 is 1.12 bits per heavy atom. The molecule has 0 radical (unpaired) electrons. The molecule has 1 amide bonds. The van der Waals surface area contributed by atoms with Crippen LogP contribution >= 0.6 is 0 Å². The van der Waals surface area contributed by atoms with Crippen molar-refractivity contribution < 1.29 is 13.9 Å². The van der Waals surface area contributed by atoms with Crippen molar-refractivity contribution in [3.05, 3.63) is 66.2 Å². The summed E-state index contributed by atoms with van der Waals surface area (Å²) < 4.78 is 23.3. The molecule has 43 heavy (non-hydrogen) atoms. The highest BCUT2D eigenvalue weighted by molar-refractivity contribution is 5.79. The number of piperidine rings is 1. The quantitative estimate of drug-likeness (QED) is 0.332. The van der Waals surface area contributed by atoms with E-state index in [1.807, 2.05) is 47.5 Å². The van der Waals surface area contributed by atoms with Crippen molar-refractivity contribution in [2.45, 2.75) is 31.8 Å². The summed E-state index contributed by atoms with van der Waals surface area (Å²) >= 11 is 0. The topological polar surface area (TPSA) is 115 Å². The molecule has 11 nitrogen and oxygen atoms in total. The van der Waals surface area contributed by atoms with Gasteiger partial charge < -0.3 is 19.9 Å². The highest BCUT2D eigenvalue weighted by atomic mass is 19.1. The van der Waals surface area contributed by atoms with Gasteiger partial charge in [0.2, 0.25) is 11.7 Å². The van der Waals surface area contributed by atoms with Crippen LogP contribution in [0.5, 0.6) is 5.75 Å². The van der Waals surface area contributed by atoms with Crippen molar-refractivity contribution in [1.82, 2.24) is 29.4 Å². The molecular weight excluding hydrogens is 549 g/mol. The molecule has 1 aromatic carbocycles. The highest BCUT2D eigenvalue weighted by Crippen LogP contribution is 2.31. The summed E-state index contributed by atoms with van der Waals surface area (Å²) in [6, 6.07) is 15.5. The number of hydrogen-bond acceptors (Lipinski definition) is 9. The van der Waals surface area contributed by atoms with Crippen molar-refractivity contribution in [2.24, 2.45) is 0 Å². The first-order valence-electron chi connectivity index (χ1n) is 14.5. The number of nitriles is 1. The summed E-state index contributed by atoms with van der Waals surface area (Å²) in [5, 5.41) is 16.7. The second kappa shape index (κ2) is 12.6. The minimum absolute atomic E-state index is 0.107. The van der Waals surface area contributed by atoms with E-state index in [1.54, 1.807) is 22.7 Å². The molecule has 4 aromatic rings. The van der Waals surface area contributed by atoms with E-state index in [0.717, 1.165) is 43.7 Å². The lowest BCUT2D eigenvalue weighted by molar-refractivity contribution is -0.131. The Hall–Kier alpha value is -4.76. The van der Waals surface area contributed by atoms with Gasteiger partial charge in [-0.3, -0.25) is 9.69 Å². The maximum atomic E-state index is 16.2. The fourth-order valence-electron chi connectivity index (χ4n) is 5.77. The number of halogens is 1. The van der Waals surface area contributed by atoms with Crippen molar-refractivity contribution in [3.8, 4) is 23.2 Å². The minimum Gasteiger partial charge on any atom is -0.497 e. The third-order valence-electron chi connectivity index (χ3n) is 8.08. The van der Waals surface area contributed by atoms with Crippen LogP contribution in [0.25, 0.3) is 16.9 Å². The molecule has 1 atom stereocenters. The van der Waals surface area contributed by atoms with Gasteiger partial charge in [0.1, 0.15) is 12.2 Å². The molecule has 222 valence electrons. The van der Waals surface area contributed by atoms with Crippen LogP contribution in [0.1, 0.15) is 24.8 Å². The average molecular weight is 584 g/mol. The van der Waals surface area contributed by atoms with Gasteiger partial charge in [0.05, 0.1) is 30.5 Å². The number of benzene rings is 1. The molecule has 2 saturated heterocycles. The zero-order valence-corrected chi connectivity index (χ0v) is 24.1. The van der Waals surface area contributed by atoms with Gasteiger partial charge in [0, 0.05) is 58.1 Å². The lowest BCUT2D eigenvalue weighted by Crippen LogP contribution is -2.47. The molecule has 0 saturated carbocycles. The van der Waals surface area contributed by atoms with Gasteiger partial charge in [-0.25, -0.2) is 14.5 Å². The second-order valence-corrected chi connectivity index (χ2v) is 10.9. The Bertz CT molecular complexity index is 1630. The van der Waals surface area contributed by atoms with E-state index >= 15 is 4.39 Å². The number of rotatable bonds is 8. The van der Waals surface area contributed by atoms with Gasteiger partial charge in [-0.2, -0.15) is 14.8 Å². The Balaban J connectivity index is 1.25. The normalized spacial score (nSPS) is 17.6. The maximum absolute atomic E-state index is 16.2. The number of carbonyl (C=O) groups is 1. The third kappa shape index (κ3) is 6.22. The Morgan fingerprint density at radius 2 is 1.93 bits per heavy atom. The average Bonchev–Trinajstić information content (AvgIpc) is 3.47. The van der Waals surface area contributed by atoms with Gasteiger partial charge in [-0.05, 0) is 42.7 Å². The summed E-state index contributed by atoms with van der Waals surface area (Å²) in [5.74, 6) is 0.847. The summed E-state index contributed by atoms with van der Waals surface area (Å²) in [5.41, 5.74) is 2.72. The Morgan fingerprint density at radius 3 is 2.70 bits per heavy atom. The fraction of sp³-hybridized carbons (Fsp3) is 0.387. The van der Waals surface area contributed by atoms with Crippen LogP contribution in [0.15, 0.2) is 54.9 Å². The standard InChI is InChI=1S/C31H34FN9O2/c1-43-24-9-7-22(8-10-24)20-38-15-17-39(18-16-38)31-28(32)30(35-23-5-4-13-40(21-23)27(42)11-12-33)36-29(37-31)25-19-34-41-14-3-2-6-26(25)41/h2-3,6-10,14,19,23H,4-5,11,13,15-18,20-21H2,1H3,(H,35,36,37)/t23-/m1/s1. The number of nitrogens with zero attached hydrogens (tertiary/aromatic N) is 8. The molecular formula is C31H34FN9O2. The van der Waals surface area contributed by atoms with Crippen LogP contribution < -0.4 is 15.0 Å². The van der Waals surface area contributed by atoms with Crippen LogP contribution in [0.4, 0.5) is 16.0 Å². The van der Waals surface area contributed by atoms with E-state index in [0.29, 0.717) is 37.6 Å². The molecule has 2 aliphatic heterocycles. The fourth-order valence-corrected chi connectivity index (χ4v) is 5.77. The largest absolute Gasteiger partial charge is 0.497 e. The number of aromatic nitrogens is 4. The van der Waals surface area contributed by atoms with E-state index < -0.39 is 5.82 Å². The van der Waals surface area contributed by atoms with Gasteiger partial charge in [0.15, 0.2) is 17.5 Å². The molecule has 0 aliphatic carbocycles. The number of ether oxygens (including phenoxy) is 1. The van der Waals surface area contributed by atoms with Gasteiger partial charge in [0.25, 0.3) is 0 Å². The summed E-state index contributed by atoms with van der Waals surface area (Å²) in [4.78, 5) is 27.8. The van der Waals surface area contributed by atoms with E-state index in [9.17, 15) is 4.79 Å². The molecule has 0 bridgehead atoms.